The van der Waals surface area contributed by atoms with Gasteiger partial charge in [-0.1, -0.05) is 5.16 Å². The summed E-state index contributed by atoms with van der Waals surface area (Å²) in [6.45, 7) is 0.532. The van der Waals surface area contributed by atoms with E-state index in [9.17, 15) is 4.79 Å². The molecule has 0 aromatic carbocycles. The number of carbonyl (C=O) groups is 1. The Kier molecular flexibility index (Phi) is 1.79. The first kappa shape index (κ1) is 6.22. The summed E-state index contributed by atoms with van der Waals surface area (Å²) >= 11 is 0. The Labute approximate surface area is 52.1 Å². The quantitative estimate of drug-likeness (QED) is 0.364. The minimum Gasteiger partial charge on any atom is -0.411 e. The molecule has 1 rings (SSSR count). The Hall–Kier alpha value is -0.900. The molecule has 1 N–H and O–H groups in total. The van der Waals surface area contributed by atoms with Gasteiger partial charge in [0.1, 0.15) is 12.3 Å². The van der Waals surface area contributed by atoms with Crippen LogP contribution in [0.15, 0.2) is 5.16 Å². The molecule has 1 saturated heterocycles. The zero-order valence-corrected chi connectivity index (χ0v) is 4.83. The molecule has 0 saturated carbocycles. The van der Waals surface area contributed by atoms with Gasteiger partial charge in [0, 0.05) is 6.42 Å². The van der Waals surface area contributed by atoms with Crippen molar-refractivity contribution in [1.82, 2.24) is 0 Å². The fraction of sp³-hybridized carbons (Fsp3) is 0.600. The highest BCUT2D eigenvalue weighted by Gasteiger charge is 2.16. The highest BCUT2D eigenvalue weighted by molar-refractivity contribution is 6.40. The molecule has 50 valence electrons. The van der Waals surface area contributed by atoms with Crippen molar-refractivity contribution in [3.8, 4) is 0 Å². The molecule has 0 spiro atoms. The third kappa shape index (κ3) is 1.26. The second kappa shape index (κ2) is 2.59. The summed E-state index contributed by atoms with van der Waals surface area (Å²) in [6, 6.07) is 0. The van der Waals surface area contributed by atoms with E-state index in [0.29, 0.717) is 13.0 Å². The molecule has 0 bridgehead atoms. The number of nitrogens with zero attached hydrogens (tertiary/aromatic N) is 1. The molecule has 1 fully saturated rings. The Morgan fingerprint density at radius 1 is 1.67 bits per heavy atom. The fourth-order valence-corrected chi connectivity index (χ4v) is 0.662. The molecule has 1 heterocycles. The second-order valence-electron chi connectivity index (χ2n) is 1.77. The number of Topliss-reactive ketones (excluding diaryl/α,β-unsaturated/α-hetero) is 1. The lowest BCUT2D eigenvalue weighted by atomic mass is 10.2. The van der Waals surface area contributed by atoms with E-state index in [4.69, 9.17) is 9.94 Å². The maximum Gasteiger partial charge on any atom is 0.206 e. The van der Waals surface area contributed by atoms with Gasteiger partial charge < -0.3 is 9.94 Å². The van der Waals surface area contributed by atoms with Crippen molar-refractivity contribution in [2.24, 2.45) is 5.16 Å². The lowest BCUT2D eigenvalue weighted by molar-refractivity contribution is -0.118. The van der Waals surface area contributed by atoms with Gasteiger partial charge in [-0.05, 0) is 0 Å². The predicted molar refractivity (Wildman–Crippen MR) is 29.7 cm³/mol. The van der Waals surface area contributed by atoms with Crippen LogP contribution in [-0.4, -0.2) is 29.9 Å². The third-order valence-corrected chi connectivity index (χ3v) is 1.16. The zero-order chi connectivity index (χ0) is 6.69. The summed E-state index contributed by atoms with van der Waals surface area (Å²) in [5, 5.41) is 11.0. The molecule has 0 aliphatic carbocycles. The first-order valence-electron chi connectivity index (χ1n) is 2.66. The van der Waals surface area contributed by atoms with Crippen LogP contribution in [0.25, 0.3) is 0 Å². The summed E-state index contributed by atoms with van der Waals surface area (Å²) in [6.07, 6.45) is 0.426. The normalized spacial score (nSPS) is 24.9. The number of carbonyl (C=O) groups excluding carboxylic acids is 1. The van der Waals surface area contributed by atoms with Crippen LogP contribution < -0.4 is 0 Å². The predicted octanol–water partition coefficient (Wildman–Crippen LogP) is -0.194. The Bertz CT molecular complexity index is 152. The first-order valence-corrected chi connectivity index (χ1v) is 2.66. The molecule has 4 heteroatoms. The van der Waals surface area contributed by atoms with Gasteiger partial charge in [0.25, 0.3) is 0 Å². The summed E-state index contributed by atoms with van der Waals surface area (Å²) < 4.78 is 4.77. The largest absolute Gasteiger partial charge is 0.411 e. The zero-order valence-electron chi connectivity index (χ0n) is 4.83. The molecule has 0 radical (unpaired) electrons. The molecule has 9 heavy (non-hydrogen) atoms. The van der Waals surface area contributed by atoms with E-state index < -0.39 is 0 Å². The third-order valence-electron chi connectivity index (χ3n) is 1.16. The van der Waals surface area contributed by atoms with Crippen molar-refractivity contribution in [1.29, 1.82) is 0 Å². The summed E-state index contributed by atoms with van der Waals surface area (Å²) in [5.41, 5.74) is 0.223. The van der Waals surface area contributed by atoms with E-state index in [-0.39, 0.29) is 18.1 Å². The van der Waals surface area contributed by atoms with Crippen molar-refractivity contribution >= 4 is 11.5 Å². The van der Waals surface area contributed by atoms with Gasteiger partial charge in [-0.2, -0.15) is 0 Å². The highest BCUT2D eigenvalue weighted by atomic mass is 16.5. The van der Waals surface area contributed by atoms with Gasteiger partial charge >= 0.3 is 0 Å². The average Bonchev–Trinajstić information content (AvgIpc) is 1.89. The van der Waals surface area contributed by atoms with Crippen molar-refractivity contribution in [2.75, 3.05) is 13.2 Å². The molecule has 0 unspecified atom stereocenters. The van der Waals surface area contributed by atoms with E-state index in [1.165, 1.54) is 0 Å². The van der Waals surface area contributed by atoms with E-state index >= 15 is 0 Å². The van der Waals surface area contributed by atoms with Crippen LogP contribution in [0.3, 0.4) is 0 Å². The van der Waals surface area contributed by atoms with Gasteiger partial charge in [-0.15, -0.1) is 0 Å². The van der Waals surface area contributed by atoms with Crippen molar-refractivity contribution < 1.29 is 14.7 Å². The highest BCUT2D eigenvalue weighted by Crippen LogP contribution is 1.97. The fourth-order valence-electron chi connectivity index (χ4n) is 0.662. The van der Waals surface area contributed by atoms with E-state index in [1.807, 2.05) is 0 Å². The Morgan fingerprint density at radius 2 is 2.44 bits per heavy atom. The molecule has 4 nitrogen and oxygen atoms in total. The summed E-state index contributed by atoms with van der Waals surface area (Å²) in [7, 11) is 0. The monoisotopic (exact) mass is 129 g/mol. The lowest BCUT2D eigenvalue weighted by Crippen LogP contribution is -2.27. The Morgan fingerprint density at radius 3 is 2.89 bits per heavy atom. The number of hydrogen-bond donors (Lipinski definition) is 1. The van der Waals surface area contributed by atoms with E-state index in [1.54, 1.807) is 0 Å². The summed E-state index contributed by atoms with van der Waals surface area (Å²) in [5.74, 6) is -0.219. The molecule has 0 aromatic heterocycles. The molecular weight excluding hydrogens is 122 g/mol. The van der Waals surface area contributed by atoms with Crippen LogP contribution in [0.5, 0.6) is 0 Å². The number of hydrogen-bond acceptors (Lipinski definition) is 4. The topological polar surface area (TPSA) is 58.9 Å². The minimum absolute atomic E-state index is 0.0550. The van der Waals surface area contributed by atoms with E-state index in [2.05, 4.69) is 5.16 Å². The average molecular weight is 129 g/mol. The molecule has 0 aromatic rings. The molecule has 0 amide bonds. The SMILES string of the molecule is O=C1COCCC1=NO. The van der Waals surface area contributed by atoms with Crippen LogP contribution in [-0.2, 0) is 9.53 Å². The number of oxime groups is 1. The number of ether oxygens (including phenoxy) is 1. The van der Waals surface area contributed by atoms with Gasteiger partial charge in [0.05, 0.1) is 6.61 Å². The van der Waals surface area contributed by atoms with Crippen LogP contribution in [0.4, 0.5) is 0 Å². The second-order valence-corrected chi connectivity index (χ2v) is 1.77. The van der Waals surface area contributed by atoms with Crippen molar-refractivity contribution in [2.45, 2.75) is 6.42 Å². The van der Waals surface area contributed by atoms with Crippen molar-refractivity contribution in [3.05, 3.63) is 0 Å². The van der Waals surface area contributed by atoms with Gasteiger partial charge in [-0.3, -0.25) is 4.79 Å². The Balaban J connectivity index is 2.60. The number of rotatable bonds is 0. The molecule has 0 atom stereocenters. The van der Waals surface area contributed by atoms with Gasteiger partial charge in [0.2, 0.25) is 5.78 Å². The standard InChI is InChI=1S/C5H7NO3/c7-5-3-9-2-1-4(5)6-8/h8H,1-3H2. The van der Waals surface area contributed by atoms with Gasteiger partial charge in [0.15, 0.2) is 0 Å². The van der Waals surface area contributed by atoms with Crippen LogP contribution in [0.2, 0.25) is 0 Å². The first-order chi connectivity index (χ1) is 4.34. The molecule has 1 aliphatic heterocycles. The van der Waals surface area contributed by atoms with Crippen LogP contribution in [0.1, 0.15) is 6.42 Å². The lowest BCUT2D eigenvalue weighted by Gasteiger charge is -2.09. The van der Waals surface area contributed by atoms with Crippen LogP contribution in [0, 0.1) is 0 Å². The van der Waals surface area contributed by atoms with Crippen LogP contribution >= 0.6 is 0 Å². The number of ketones is 1. The maximum atomic E-state index is 10.6. The maximum absolute atomic E-state index is 10.6. The molecule has 1 aliphatic rings. The van der Waals surface area contributed by atoms with Crippen molar-refractivity contribution in [3.63, 3.8) is 0 Å². The summed E-state index contributed by atoms with van der Waals surface area (Å²) in [4.78, 5) is 10.6. The van der Waals surface area contributed by atoms with E-state index in [0.717, 1.165) is 0 Å². The van der Waals surface area contributed by atoms with Gasteiger partial charge in [-0.25, -0.2) is 0 Å². The minimum atomic E-state index is -0.219. The molecular formula is C5H7NO3. The smallest absolute Gasteiger partial charge is 0.206 e.